The molecular weight excluding hydrogens is 270 g/mol. The minimum Gasteiger partial charge on any atom is -0.478 e. The van der Waals surface area contributed by atoms with Crippen molar-refractivity contribution in [1.82, 2.24) is 5.32 Å². The lowest BCUT2D eigenvalue weighted by Gasteiger charge is -2.42. The van der Waals surface area contributed by atoms with E-state index in [2.05, 4.69) is 12.4 Å². The second-order valence-corrected chi connectivity index (χ2v) is 6.57. The van der Waals surface area contributed by atoms with Gasteiger partial charge in [-0.15, -0.1) is 0 Å². The molecule has 21 heavy (non-hydrogen) atoms. The largest absolute Gasteiger partial charge is 0.478 e. The van der Waals surface area contributed by atoms with Crippen molar-refractivity contribution in [3.63, 3.8) is 0 Å². The summed E-state index contributed by atoms with van der Waals surface area (Å²) in [6.07, 6.45) is 8.95. The number of rotatable bonds is 4. The zero-order chi connectivity index (χ0) is 15.4. The summed E-state index contributed by atoms with van der Waals surface area (Å²) < 4.78 is 0. The first-order valence-corrected chi connectivity index (χ1v) is 7.79. The molecule has 3 aliphatic carbocycles. The molecule has 0 aliphatic heterocycles. The molecule has 0 aromatic rings. The molecule has 5 nitrogen and oxygen atoms in total. The lowest BCUT2D eigenvalue weighted by molar-refractivity contribution is -0.134. The van der Waals surface area contributed by atoms with E-state index in [1.807, 2.05) is 0 Å². The predicted octanol–water partition coefficient (Wildman–Crippen LogP) is 1.99. The maximum absolute atomic E-state index is 9.55. The summed E-state index contributed by atoms with van der Waals surface area (Å²) in [5.41, 5.74) is 0. The van der Waals surface area contributed by atoms with Crippen molar-refractivity contribution in [2.24, 2.45) is 29.6 Å². The first kappa shape index (κ1) is 16.0. The van der Waals surface area contributed by atoms with E-state index < -0.39 is 11.9 Å². The highest BCUT2D eigenvalue weighted by atomic mass is 16.4. The SMILES string of the molecule is CNCC1C2CCC3CC(C2)CC31.O=C(O)/C=C\C(=O)O. The van der Waals surface area contributed by atoms with Gasteiger partial charge in [0.15, 0.2) is 0 Å². The molecule has 5 heteroatoms. The Labute approximate surface area is 125 Å². The van der Waals surface area contributed by atoms with Crippen molar-refractivity contribution in [3.05, 3.63) is 12.2 Å². The van der Waals surface area contributed by atoms with Crippen LogP contribution in [0.1, 0.15) is 32.1 Å². The number of carboxylic acids is 2. The molecule has 0 aromatic carbocycles. The predicted molar refractivity (Wildman–Crippen MR) is 78.9 cm³/mol. The van der Waals surface area contributed by atoms with E-state index in [1.165, 1.54) is 6.54 Å². The van der Waals surface area contributed by atoms with E-state index in [1.54, 1.807) is 32.1 Å². The summed E-state index contributed by atoms with van der Waals surface area (Å²) in [7, 11) is 2.12. The third-order valence-electron chi connectivity index (χ3n) is 5.36. The average Bonchev–Trinajstić information content (AvgIpc) is 2.64. The highest BCUT2D eigenvalue weighted by Crippen LogP contribution is 2.57. The summed E-state index contributed by atoms with van der Waals surface area (Å²) in [4.78, 5) is 19.1. The highest BCUT2D eigenvalue weighted by molar-refractivity contribution is 5.89. The number of fused-ring (bicyclic) bond motifs is 2. The third kappa shape index (κ3) is 4.06. The van der Waals surface area contributed by atoms with E-state index in [0.29, 0.717) is 12.2 Å². The lowest BCUT2D eigenvalue weighted by atomic mass is 9.64. The van der Waals surface area contributed by atoms with Crippen LogP contribution in [0.25, 0.3) is 0 Å². The molecule has 0 heterocycles. The fourth-order valence-electron chi connectivity index (χ4n) is 4.73. The van der Waals surface area contributed by atoms with Crippen molar-refractivity contribution in [3.8, 4) is 0 Å². The number of aliphatic carboxylic acids is 2. The van der Waals surface area contributed by atoms with Gasteiger partial charge in [0.2, 0.25) is 0 Å². The third-order valence-corrected chi connectivity index (χ3v) is 5.36. The molecule has 0 spiro atoms. The van der Waals surface area contributed by atoms with E-state index in [9.17, 15) is 9.59 Å². The molecule has 118 valence electrons. The van der Waals surface area contributed by atoms with Crippen molar-refractivity contribution in [1.29, 1.82) is 0 Å². The van der Waals surface area contributed by atoms with Crippen molar-refractivity contribution >= 4 is 11.9 Å². The molecule has 3 bridgehead atoms. The van der Waals surface area contributed by atoms with Crippen LogP contribution in [0.2, 0.25) is 0 Å². The number of carboxylic acid groups (broad SMARTS) is 2. The van der Waals surface area contributed by atoms with Crippen LogP contribution in [-0.4, -0.2) is 35.7 Å². The number of hydrogen-bond donors (Lipinski definition) is 3. The first-order valence-electron chi connectivity index (χ1n) is 7.79. The van der Waals surface area contributed by atoms with E-state index in [-0.39, 0.29) is 0 Å². The summed E-state index contributed by atoms with van der Waals surface area (Å²) in [5.74, 6) is 3.00. The molecule has 3 aliphatic rings. The van der Waals surface area contributed by atoms with Crippen molar-refractivity contribution in [2.45, 2.75) is 32.1 Å². The van der Waals surface area contributed by atoms with Gasteiger partial charge in [-0.3, -0.25) is 0 Å². The molecule has 5 atom stereocenters. The van der Waals surface area contributed by atoms with E-state index >= 15 is 0 Å². The van der Waals surface area contributed by atoms with Crippen LogP contribution in [0.5, 0.6) is 0 Å². The second kappa shape index (κ2) is 7.07. The number of carbonyl (C=O) groups is 2. The number of nitrogens with one attached hydrogen (secondary N) is 1. The first-order chi connectivity index (χ1) is 10.0. The Morgan fingerprint density at radius 2 is 1.62 bits per heavy atom. The molecular formula is C16H25NO4. The Kier molecular flexibility index (Phi) is 5.39. The van der Waals surface area contributed by atoms with Crippen LogP contribution in [0, 0.1) is 29.6 Å². The van der Waals surface area contributed by atoms with Gasteiger partial charge in [0.25, 0.3) is 0 Å². The Balaban J connectivity index is 0.000000177. The second-order valence-electron chi connectivity index (χ2n) is 6.57. The fourth-order valence-corrected chi connectivity index (χ4v) is 4.73. The molecule has 0 saturated heterocycles. The quantitative estimate of drug-likeness (QED) is 0.690. The molecule has 3 fully saturated rings. The molecule has 3 N–H and O–H groups in total. The Morgan fingerprint density at radius 3 is 2.19 bits per heavy atom. The Hall–Kier alpha value is -1.36. The smallest absolute Gasteiger partial charge is 0.328 e. The van der Waals surface area contributed by atoms with Gasteiger partial charge in [-0.1, -0.05) is 0 Å². The Morgan fingerprint density at radius 1 is 1.05 bits per heavy atom. The van der Waals surface area contributed by atoms with Crippen LogP contribution in [0.4, 0.5) is 0 Å². The van der Waals surface area contributed by atoms with Crippen LogP contribution < -0.4 is 5.32 Å². The summed E-state index contributed by atoms with van der Waals surface area (Å²) >= 11 is 0. The minimum atomic E-state index is -1.26. The minimum absolute atomic E-state index is 0.558. The maximum atomic E-state index is 9.55. The van der Waals surface area contributed by atoms with Gasteiger partial charge >= 0.3 is 11.9 Å². The van der Waals surface area contributed by atoms with Gasteiger partial charge in [0, 0.05) is 12.2 Å². The molecule has 3 rings (SSSR count). The zero-order valence-electron chi connectivity index (χ0n) is 12.5. The van der Waals surface area contributed by atoms with Crippen LogP contribution in [0.3, 0.4) is 0 Å². The zero-order valence-corrected chi connectivity index (χ0v) is 12.5. The average molecular weight is 295 g/mol. The topological polar surface area (TPSA) is 86.6 Å². The van der Waals surface area contributed by atoms with Gasteiger partial charge in [-0.2, -0.15) is 0 Å². The van der Waals surface area contributed by atoms with Gasteiger partial charge in [0.1, 0.15) is 0 Å². The maximum Gasteiger partial charge on any atom is 0.328 e. The van der Waals surface area contributed by atoms with Crippen molar-refractivity contribution < 1.29 is 19.8 Å². The molecule has 0 amide bonds. The highest BCUT2D eigenvalue weighted by Gasteiger charge is 2.49. The molecule has 3 saturated carbocycles. The van der Waals surface area contributed by atoms with Crippen molar-refractivity contribution in [2.75, 3.05) is 13.6 Å². The molecule has 0 aromatic heterocycles. The van der Waals surface area contributed by atoms with Gasteiger partial charge in [-0.05, 0) is 75.3 Å². The fraction of sp³-hybridized carbons (Fsp3) is 0.750. The summed E-state index contributed by atoms with van der Waals surface area (Å²) in [5, 5.41) is 19.0. The normalized spacial score (nSPS) is 36.3. The van der Waals surface area contributed by atoms with Crippen LogP contribution in [-0.2, 0) is 9.59 Å². The molecule has 0 radical (unpaired) electrons. The van der Waals surface area contributed by atoms with Crippen LogP contribution in [0.15, 0.2) is 12.2 Å². The van der Waals surface area contributed by atoms with E-state index in [4.69, 9.17) is 10.2 Å². The van der Waals surface area contributed by atoms with Crippen LogP contribution >= 0.6 is 0 Å². The standard InChI is InChI=1S/C12H21N.C4H4O4/c1-13-7-12-10-3-2-9-4-8(5-10)6-11(9)12;5-3(6)1-2-4(7)8/h8-13H,2-7H2,1H3;1-2H,(H,5,6)(H,7,8)/b;2-1-. The van der Waals surface area contributed by atoms with Gasteiger partial charge in [-0.25, -0.2) is 9.59 Å². The number of hydrogen-bond acceptors (Lipinski definition) is 3. The van der Waals surface area contributed by atoms with E-state index in [0.717, 1.165) is 29.6 Å². The van der Waals surface area contributed by atoms with Gasteiger partial charge < -0.3 is 15.5 Å². The lowest BCUT2D eigenvalue weighted by Crippen LogP contribution is -2.39. The Bertz CT molecular complexity index is 405. The monoisotopic (exact) mass is 295 g/mol. The summed E-state index contributed by atoms with van der Waals surface area (Å²) in [6, 6.07) is 0. The molecule has 5 unspecified atom stereocenters. The van der Waals surface area contributed by atoms with Gasteiger partial charge in [0.05, 0.1) is 0 Å². The summed E-state index contributed by atoms with van der Waals surface area (Å²) in [6.45, 7) is 1.29.